The van der Waals surface area contributed by atoms with Crippen LogP contribution in [-0.2, 0) is 4.79 Å². The molecule has 7 heteroatoms. The van der Waals surface area contributed by atoms with Gasteiger partial charge in [0.05, 0.1) is 16.6 Å². The lowest BCUT2D eigenvalue weighted by Crippen LogP contribution is -2.38. The second-order valence-corrected chi connectivity index (χ2v) is 5.35. The highest BCUT2D eigenvalue weighted by Crippen LogP contribution is 2.40. The van der Waals surface area contributed by atoms with Gasteiger partial charge in [-0.1, -0.05) is 5.16 Å². The van der Waals surface area contributed by atoms with E-state index in [1.165, 1.54) is 6.92 Å². The minimum absolute atomic E-state index is 0.324. The van der Waals surface area contributed by atoms with Crippen molar-refractivity contribution in [2.24, 2.45) is 0 Å². The Bertz CT molecular complexity index is 733. The molecule has 1 fully saturated rings. The first-order chi connectivity index (χ1) is 9.97. The van der Waals surface area contributed by atoms with Crippen LogP contribution in [0.4, 0.5) is 0 Å². The van der Waals surface area contributed by atoms with Crippen LogP contribution in [0.2, 0.25) is 0 Å². The summed E-state index contributed by atoms with van der Waals surface area (Å²) >= 11 is 0. The summed E-state index contributed by atoms with van der Waals surface area (Å²) in [4.78, 5) is 27.6. The summed E-state index contributed by atoms with van der Waals surface area (Å²) in [5.41, 5.74) is 2.05. The monoisotopic (exact) mass is 289 g/mol. The molecule has 1 aliphatic rings. The molecule has 7 nitrogen and oxygen atoms in total. The van der Waals surface area contributed by atoms with Gasteiger partial charge in [-0.3, -0.25) is 9.59 Å². The Morgan fingerprint density at radius 3 is 2.81 bits per heavy atom. The number of fused-ring (bicyclic) bond motifs is 1. The summed E-state index contributed by atoms with van der Waals surface area (Å²) < 4.78 is 5.15. The van der Waals surface area contributed by atoms with E-state index in [0.717, 1.165) is 18.5 Å². The van der Waals surface area contributed by atoms with Gasteiger partial charge in [0.15, 0.2) is 0 Å². The molecule has 21 heavy (non-hydrogen) atoms. The quantitative estimate of drug-likeness (QED) is 0.885. The zero-order chi connectivity index (χ0) is 15.1. The first-order valence-corrected chi connectivity index (χ1v) is 6.78. The molecule has 2 N–H and O–H groups in total. The van der Waals surface area contributed by atoms with Crippen molar-refractivity contribution in [3.8, 4) is 0 Å². The van der Waals surface area contributed by atoms with Crippen LogP contribution < -0.4 is 5.32 Å². The van der Waals surface area contributed by atoms with E-state index in [-0.39, 0.29) is 0 Å². The van der Waals surface area contributed by atoms with Gasteiger partial charge in [0.25, 0.3) is 11.6 Å². The van der Waals surface area contributed by atoms with Crippen molar-refractivity contribution in [2.45, 2.75) is 38.6 Å². The number of nitrogens with zero attached hydrogens (tertiary/aromatic N) is 2. The molecule has 0 bridgehead atoms. The number of hydrogen-bond acceptors (Lipinski definition) is 5. The number of aryl methyl sites for hydroxylation is 1. The molecule has 0 saturated heterocycles. The number of nitrogens with one attached hydrogen (secondary N) is 1. The van der Waals surface area contributed by atoms with Crippen LogP contribution >= 0.6 is 0 Å². The van der Waals surface area contributed by atoms with Gasteiger partial charge >= 0.3 is 5.97 Å². The SMILES string of the molecule is Cc1noc2nc(C3CC3)cc(C(=O)N[C@H](C)C(=O)O)c12. The molecule has 0 spiro atoms. The normalized spacial score (nSPS) is 15.9. The molecule has 2 heterocycles. The highest BCUT2D eigenvalue weighted by Gasteiger charge is 2.29. The maximum absolute atomic E-state index is 12.3. The first-order valence-electron chi connectivity index (χ1n) is 6.78. The topological polar surface area (TPSA) is 105 Å². The minimum atomic E-state index is -1.09. The number of pyridine rings is 1. The molecular formula is C14H15N3O4. The number of carboxylic acids is 1. The zero-order valence-corrected chi connectivity index (χ0v) is 11.7. The number of hydrogen-bond donors (Lipinski definition) is 2. The highest BCUT2D eigenvalue weighted by molar-refractivity contribution is 6.07. The summed E-state index contributed by atoms with van der Waals surface area (Å²) in [5, 5.41) is 15.7. The zero-order valence-electron chi connectivity index (χ0n) is 11.7. The second-order valence-electron chi connectivity index (χ2n) is 5.35. The van der Waals surface area contributed by atoms with E-state index in [2.05, 4.69) is 15.5 Å². The number of carbonyl (C=O) groups is 2. The molecule has 2 aromatic rings. The van der Waals surface area contributed by atoms with Gasteiger partial charge in [-0.25, -0.2) is 4.98 Å². The van der Waals surface area contributed by atoms with Gasteiger partial charge in [-0.15, -0.1) is 0 Å². The number of aromatic nitrogens is 2. The van der Waals surface area contributed by atoms with E-state index in [4.69, 9.17) is 9.63 Å². The lowest BCUT2D eigenvalue weighted by molar-refractivity contribution is -0.138. The predicted octanol–water partition coefficient (Wildman–Crippen LogP) is 1.61. The van der Waals surface area contributed by atoms with Gasteiger partial charge in [0, 0.05) is 11.6 Å². The van der Waals surface area contributed by atoms with E-state index in [9.17, 15) is 9.59 Å². The van der Waals surface area contributed by atoms with Crippen LogP contribution in [0.25, 0.3) is 11.1 Å². The van der Waals surface area contributed by atoms with Crippen molar-refractivity contribution in [1.82, 2.24) is 15.5 Å². The van der Waals surface area contributed by atoms with Crippen molar-refractivity contribution in [2.75, 3.05) is 0 Å². The molecule has 1 saturated carbocycles. The van der Waals surface area contributed by atoms with Gasteiger partial charge in [0.2, 0.25) is 0 Å². The van der Waals surface area contributed by atoms with E-state index in [0.29, 0.717) is 28.3 Å². The minimum Gasteiger partial charge on any atom is -0.480 e. The van der Waals surface area contributed by atoms with Gasteiger partial charge in [0.1, 0.15) is 6.04 Å². The van der Waals surface area contributed by atoms with Crippen LogP contribution in [0.1, 0.15) is 47.4 Å². The van der Waals surface area contributed by atoms with Crippen LogP contribution in [0.3, 0.4) is 0 Å². The highest BCUT2D eigenvalue weighted by atomic mass is 16.5. The Hall–Kier alpha value is -2.44. The van der Waals surface area contributed by atoms with E-state index < -0.39 is 17.9 Å². The Morgan fingerprint density at radius 1 is 1.48 bits per heavy atom. The second kappa shape index (κ2) is 4.83. The summed E-state index contributed by atoms with van der Waals surface area (Å²) in [7, 11) is 0. The molecule has 110 valence electrons. The Balaban J connectivity index is 2.04. The summed E-state index contributed by atoms with van der Waals surface area (Å²) in [6.45, 7) is 3.14. The summed E-state index contributed by atoms with van der Waals surface area (Å²) in [6.07, 6.45) is 2.08. The van der Waals surface area contributed by atoms with Crippen molar-refractivity contribution >= 4 is 23.0 Å². The Morgan fingerprint density at radius 2 is 2.19 bits per heavy atom. The van der Waals surface area contributed by atoms with Crippen molar-refractivity contribution in [1.29, 1.82) is 0 Å². The number of aliphatic carboxylic acids is 1. The molecule has 0 radical (unpaired) electrons. The standard InChI is InChI=1S/C14H15N3O4/c1-6-11-9(12(18)15-7(2)14(19)20)5-10(8-3-4-8)16-13(11)21-17-6/h5,7-8H,3-4H2,1-2H3,(H,15,18)(H,19,20)/t7-/m1/s1. The van der Waals surface area contributed by atoms with Crippen LogP contribution in [-0.4, -0.2) is 33.2 Å². The summed E-state index contributed by atoms with van der Waals surface area (Å²) in [6, 6.07) is 0.749. The lowest BCUT2D eigenvalue weighted by atomic mass is 10.1. The molecule has 3 rings (SSSR count). The van der Waals surface area contributed by atoms with Gasteiger partial charge in [-0.05, 0) is 32.8 Å². The van der Waals surface area contributed by atoms with Crippen LogP contribution in [0.15, 0.2) is 10.6 Å². The van der Waals surface area contributed by atoms with E-state index >= 15 is 0 Å². The Labute approximate surface area is 120 Å². The van der Waals surface area contributed by atoms with Crippen LogP contribution in [0.5, 0.6) is 0 Å². The average Bonchev–Trinajstić information content (AvgIpc) is 3.22. The average molecular weight is 289 g/mol. The van der Waals surface area contributed by atoms with Gasteiger partial charge < -0.3 is 14.9 Å². The third kappa shape index (κ3) is 2.46. The number of carboxylic acid groups (broad SMARTS) is 1. The molecule has 1 atom stereocenters. The molecule has 0 aliphatic heterocycles. The first kappa shape index (κ1) is 13.5. The fourth-order valence-corrected chi connectivity index (χ4v) is 2.22. The Kier molecular flexibility index (Phi) is 3.12. The third-order valence-electron chi connectivity index (χ3n) is 3.60. The largest absolute Gasteiger partial charge is 0.480 e. The molecular weight excluding hydrogens is 274 g/mol. The lowest BCUT2D eigenvalue weighted by Gasteiger charge is -2.10. The maximum Gasteiger partial charge on any atom is 0.325 e. The predicted molar refractivity (Wildman–Crippen MR) is 73.1 cm³/mol. The van der Waals surface area contributed by atoms with Crippen molar-refractivity contribution in [3.05, 3.63) is 23.0 Å². The molecule has 0 aromatic carbocycles. The van der Waals surface area contributed by atoms with E-state index in [1.807, 2.05) is 0 Å². The van der Waals surface area contributed by atoms with Crippen molar-refractivity contribution in [3.63, 3.8) is 0 Å². The number of rotatable bonds is 4. The molecule has 1 amide bonds. The van der Waals surface area contributed by atoms with Crippen LogP contribution in [0, 0.1) is 6.92 Å². The van der Waals surface area contributed by atoms with E-state index in [1.54, 1.807) is 13.0 Å². The van der Waals surface area contributed by atoms with Gasteiger partial charge in [-0.2, -0.15) is 0 Å². The molecule has 0 unspecified atom stereocenters. The maximum atomic E-state index is 12.3. The fourth-order valence-electron chi connectivity index (χ4n) is 2.22. The summed E-state index contributed by atoms with van der Waals surface area (Å²) in [5.74, 6) is -1.19. The third-order valence-corrected chi connectivity index (χ3v) is 3.60. The molecule has 1 aliphatic carbocycles. The van der Waals surface area contributed by atoms with Crippen molar-refractivity contribution < 1.29 is 19.2 Å². The molecule has 2 aromatic heterocycles. The number of carbonyl (C=O) groups excluding carboxylic acids is 1. The number of amides is 1. The smallest absolute Gasteiger partial charge is 0.325 e. The fraction of sp³-hybridized carbons (Fsp3) is 0.429.